The number of aromatic hydroxyl groups is 1. The molecular formula is C14H11N3O9S. The number of imide groups is 1. The largest absolute Gasteiger partial charge is 0.502 e. The van der Waals surface area contributed by atoms with Crippen molar-refractivity contribution in [3.63, 3.8) is 0 Å². The number of thioether (sulfide) groups is 1. The molecule has 0 spiro atoms. The van der Waals surface area contributed by atoms with Crippen LogP contribution in [-0.4, -0.2) is 50.1 Å². The number of carbonyl (C=O) groups excluding carboxylic acids is 3. The predicted molar refractivity (Wildman–Crippen MR) is 90.7 cm³/mol. The van der Waals surface area contributed by atoms with Gasteiger partial charge in [-0.15, -0.1) is 0 Å². The van der Waals surface area contributed by atoms with Crippen molar-refractivity contribution in [3.8, 4) is 5.75 Å². The van der Waals surface area contributed by atoms with Crippen LogP contribution in [0.25, 0.3) is 6.08 Å². The lowest BCUT2D eigenvalue weighted by Gasteiger charge is -2.10. The summed E-state index contributed by atoms with van der Waals surface area (Å²) < 4.78 is 4.65. The van der Waals surface area contributed by atoms with E-state index in [1.165, 1.54) is 0 Å². The standard InChI is InChI=1S/C14H11N3O9S/c1-2-26-11(18)6-15-13(20)10(27-14(15)21)4-7-3-8(16(22)23)5-9(12(7)19)17(24)25/h3-5,19H,2,6H2,1H3/b10-4+. The highest BCUT2D eigenvalue weighted by molar-refractivity contribution is 8.18. The average Bonchev–Trinajstić information content (AvgIpc) is 2.84. The monoisotopic (exact) mass is 397 g/mol. The van der Waals surface area contributed by atoms with E-state index in [0.29, 0.717) is 22.7 Å². The van der Waals surface area contributed by atoms with Gasteiger partial charge in [-0.05, 0) is 24.8 Å². The van der Waals surface area contributed by atoms with Crippen LogP contribution in [-0.2, 0) is 14.3 Å². The van der Waals surface area contributed by atoms with Crippen molar-refractivity contribution in [2.24, 2.45) is 0 Å². The molecule has 12 nitrogen and oxygen atoms in total. The zero-order valence-electron chi connectivity index (χ0n) is 13.6. The summed E-state index contributed by atoms with van der Waals surface area (Å²) in [5.74, 6) is -2.61. The number of carbonyl (C=O) groups is 3. The molecule has 27 heavy (non-hydrogen) atoms. The number of non-ortho nitro benzene ring substituents is 1. The van der Waals surface area contributed by atoms with Gasteiger partial charge in [0.1, 0.15) is 6.54 Å². The van der Waals surface area contributed by atoms with Gasteiger partial charge in [0, 0.05) is 11.6 Å². The highest BCUT2D eigenvalue weighted by Crippen LogP contribution is 2.38. The summed E-state index contributed by atoms with van der Waals surface area (Å²) in [6, 6.07) is 1.39. The van der Waals surface area contributed by atoms with Crippen LogP contribution < -0.4 is 0 Å². The molecule has 1 aliphatic rings. The van der Waals surface area contributed by atoms with Gasteiger partial charge in [0.2, 0.25) is 5.75 Å². The number of hydrogen-bond acceptors (Lipinski definition) is 10. The second-order valence-electron chi connectivity index (χ2n) is 4.99. The molecule has 1 aliphatic heterocycles. The Morgan fingerprint density at radius 2 is 1.96 bits per heavy atom. The number of benzene rings is 1. The van der Waals surface area contributed by atoms with Gasteiger partial charge in [-0.3, -0.25) is 39.5 Å². The number of esters is 1. The molecule has 0 bridgehead atoms. The smallest absolute Gasteiger partial charge is 0.326 e. The van der Waals surface area contributed by atoms with Crippen molar-refractivity contribution in [1.82, 2.24) is 4.90 Å². The number of nitrogens with zero attached hydrogens (tertiary/aromatic N) is 3. The lowest BCUT2D eigenvalue weighted by atomic mass is 10.1. The van der Waals surface area contributed by atoms with Crippen molar-refractivity contribution >= 4 is 46.3 Å². The van der Waals surface area contributed by atoms with Gasteiger partial charge in [-0.2, -0.15) is 0 Å². The Balaban J connectivity index is 2.42. The van der Waals surface area contributed by atoms with Crippen LogP contribution in [0.15, 0.2) is 17.0 Å². The first-order valence-corrected chi connectivity index (χ1v) is 8.04. The van der Waals surface area contributed by atoms with Crippen LogP contribution in [0.4, 0.5) is 16.2 Å². The molecule has 2 amide bonds. The molecule has 1 N–H and O–H groups in total. The first-order valence-electron chi connectivity index (χ1n) is 7.22. The Morgan fingerprint density at radius 3 is 2.52 bits per heavy atom. The van der Waals surface area contributed by atoms with Crippen LogP contribution in [0.2, 0.25) is 0 Å². The number of nitro groups is 2. The lowest BCUT2D eigenvalue weighted by molar-refractivity contribution is -0.394. The maximum Gasteiger partial charge on any atom is 0.326 e. The van der Waals surface area contributed by atoms with Gasteiger partial charge in [-0.25, -0.2) is 0 Å². The number of ether oxygens (including phenoxy) is 1. The fourth-order valence-corrected chi connectivity index (χ4v) is 2.92. The molecule has 0 saturated carbocycles. The highest BCUT2D eigenvalue weighted by Gasteiger charge is 2.37. The third kappa shape index (κ3) is 4.20. The molecule has 0 aliphatic carbocycles. The molecule has 1 saturated heterocycles. The maximum atomic E-state index is 12.3. The van der Waals surface area contributed by atoms with Crippen molar-refractivity contribution in [3.05, 3.63) is 42.8 Å². The van der Waals surface area contributed by atoms with E-state index in [1.54, 1.807) is 6.92 Å². The van der Waals surface area contributed by atoms with E-state index >= 15 is 0 Å². The van der Waals surface area contributed by atoms with E-state index in [0.717, 1.165) is 12.1 Å². The molecule has 1 aromatic carbocycles. The molecular weight excluding hydrogens is 386 g/mol. The van der Waals surface area contributed by atoms with Crippen LogP contribution >= 0.6 is 11.8 Å². The fraction of sp³-hybridized carbons (Fsp3) is 0.214. The van der Waals surface area contributed by atoms with Crippen molar-refractivity contribution < 1.29 is 34.1 Å². The van der Waals surface area contributed by atoms with E-state index in [2.05, 4.69) is 4.74 Å². The van der Waals surface area contributed by atoms with E-state index < -0.39 is 56.2 Å². The zero-order valence-corrected chi connectivity index (χ0v) is 14.4. The molecule has 1 heterocycles. The summed E-state index contributed by atoms with van der Waals surface area (Å²) in [4.78, 5) is 55.9. The molecule has 13 heteroatoms. The van der Waals surface area contributed by atoms with E-state index in [9.17, 15) is 39.7 Å². The van der Waals surface area contributed by atoms with Crippen LogP contribution in [0, 0.1) is 20.2 Å². The second-order valence-corrected chi connectivity index (χ2v) is 5.98. The zero-order chi connectivity index (χ0) is 20.3. The SMILES string of the molecule is CCOC(=O)CN1C(=O)S/C(=C/c2cc([N+](=O)[O-])cc([N+](=O)[O-])c2O)C1=O. The van der Waals surface area contributed by atoms with Gasteiger partial charge >= 0.3 is 11.7 Å². The fourth-order valence-electron chi connectivity index (χ4n) is 2.09. The molecule has 0 unspecified atom stereocenters. The Bertz CT molecular complexity index is 896. The van der Waals surface area contributed by atoms with Crippen LogP contribution in [0.3, 0.4) is 0 Å². The normalized spacial score (nSPS) is 15.3. The quantitative estimate of drug-likeness (QED) is 0.323. The van der Waals surface area contributed by atoms with Crippen molar-refractivity contribution in [2.75, 3.05) is 13.2 Å². The third-order valence-electron chi connectivity index (χ3n) is 3.26. The van der Waals surface area contributed by atoms with Crippen molar-refractivity contribution in [2.45, 2.75) is 6.92 Å². The van der Waals surface area contributed by atoms with E-state index in [1.807, 2.05) is 0 Å². The van der Waals surface area contributed by atoms with Crippen LogP contribution in [0.5, 0.6) is 5.75 Å². The number of phenolic OH excluding ortho intramolecular Hbond substituents is 1. The minimum atomic E-state index is -1.02. The topological polar surface area (TPSA) is 170 Å². The van der Waals surface area contributed by atoms with E-state index in [4.69, 9.17) is 0 Å². The minimum Gasteiger partial charge on any atom is -0.502 e. The third-order valence-corrected chi connectivity index (χ3v) is 4.17. The van der Waals surface area contributed by atoms with Gasteiger partial charge < -0.3 is 9.84 Å². The Hall–Kier alpha value is -3.48. The number of hydrogen-bond donors (Lipinski definition) is 1. The van der Waals surface area contributed by atoms with Crippen molar-refractivity contribution in [1.29, 1.82) is 0 Å². The van der Waals surface area contributed by atoms with Crippen LogP contribution in [0.1, 0.15) is 12.5 Å². The molecule has 142 valence electrons. The van der Waals surface area contributed by atoms with Gasteiger partial charge in [0.05, 0.1) is 27.4 Å². The summed E-state index contributed by atoms with van der Waals surface area (Å²) in [6.07, 6.45) is 0.908. The maximum absolute atomic E-state index is 12.3. The lowest BCUT2D eigenvalue weighted by Crippen LogP contribution is -2.34. The molecule has 1 fully saturated rings. The summed E-state index contributed by atoms with van der Waals surface area (Å²) in [7, 11) is 0. The molecule has 0 atom stereocenters. The number of rotatable bonds is 6. The highest BCUT2D eigenvalue weighted by atomic mass is 32.2. The van der Waals surface area contributed by atoms with E-state index in [-0.39, 0.29) is 11.5 Å². The predicted octanol–water partition coefficient (Wildman–Crippen LogP) is 1.81. The molecule has 0 radical (unpaired) electrons. The Labute approximate surface area is 154 Å². The Kier molecular flexibility index (Phi) is 5.75. The summed E-state index contributed by atoms with van der Waals surface area (Å²) in [6.45, 7) is 0.969. The summed E-state index contributed by atoms with van der Waals surface area (Å²) in [5, 5.41) is 31.0. The molecule has 0 aromatic heterocycles. The summed E-state index contributed by atoms with van der Waals surface area (Å²) in [5.41, 5.74) is -2.00. The first kappa shape index (κ1) is 19.8. The summed E-state index contributed by atoms with van der Waals surface area (Å²) >= 11 is 0.414. The molecule has 1 aromatic rings. The first-order chi connectivity index (χ1) is 12.6. The second kappa shape index (κ2) is 7.82. The number of phenols is 1. The van der Waals surface area contributed by atoms with Gasteiger partial charge in [0.25, 0.3) is 16.8 Å². The number of nitro benzene ring substituents is 2. The van der Waals surface area contributed by atoms with Gasteiger partial charge in [-0.1, -0.05) is 0 Å². The number of amides is 2. The average molecular weight is 397 g/mol. The van der Waals surface area contributed by atoms with Gasteiger partial charge in [0.15, 0.2) is 0 Å². The molecule has 2 rings (SSSR count). The minimum absolute atomic E-state index is 0.0517. The Morgan fingerprint density at radius 1 is 1.30 bits per heavy atom.